The van der Waals surface area contributed by atoms with E-state index in [-0.39, 0.29) is 16.7 Å². The van der Waals surface area contributed by atoms with Crippen LogP contribution in [-0.2, 0) is 11.3 Å². The lowest BCUT2D eigenvalue weighted by atomic mass is 10.1. The van der Waals surface area contributed by atoms with E-state index in [1.54, 1.807) is 0 Å². The molecule has 5 heteroatoms. The van der Waals surface area contributed by atoms with E-state index in [4.69, 9.17) is 9.47 Å². The molecule has 1 aliphatic heterocycles. The Morgan fingerprint density at radius 3 is 2.68 bits per heavy atom. The number of nitrogens with one attached hydrogen (secondary N) is 1. The van der Waals surface area contributed by atoms with E-state index < -0.39 is 0 Å². The zero-order valence-corrected chi connectivity index (χ0v) is 12.7. The number of halogens is 1. The van der Waals surface area contributed by atoms with Gasteiger partial charge in [-0.3, -0.25) is 4.79 Å². The molecular weight excluding hydrogens is 310 g/mol. The van der Waals surface area contributed by atoms with Gasteiger partial charge in [0.1, 0.15) is 13.2 Å². The van der Waals surface area contributed by atoms with Crippen LogP contribution in [0.1, 0.15) is 19.4 Å². The number of benzene rings is 1. The zero-order chi connectivity index (χ0) is 13.8. The van der Waals surface area contributed by atoms with Gasteiger partial charge >= 0.3 is 0 Å². The number of amides is 1. The number of hydrogen-bond acceptors (Lipinski definition) is 3. The second kappa shape index (κ2) is 6.28. The Bertz CT molecular complexity index is 462. The van der Waals surface area contributed by atoms with Crippen molar-refractivity contribution in [3.05, 3.63) is 23.8 Å². The number of alkyl halides is 1. The van der Waals surface area contributed by atoms with Crippen LogP contribution in [0.5, 0.6) is 11.5 Å². The number of hydrogen-bond donors (Lipinski definition) is 1. The normalized spacial score (nSPS) is 15.2. The fraction of sp³-hybridized carbons (Fsp3) is 0.500. The van der Waals surface area contributed by atoms with Crippen molar-refractivity contribution in [1.82, 2.24) is 5.32 Å². The highest BCUT2D eigenvalue weighted by Crippen LogP contribution is 2.30. The summed E-state index contributed by atoms with van der Waals surface area (Å²) in [7, 11) is 0. The summed E-state index contributed by atoms with van der Waals surface area (Å²) in [6.45, 7) is 5.65. The van der Waals surface area contributed by atoms with E-state index in [1.165, 1.54) is 0 Å². The fourth-order valence-electron chi connectivity index (χ4n) is 1.79. The van der Waals surface area contributed by atoms with Crippen LogP contribution in [0.4, 0.5) is 0 Å². The lowest BCUT2D eigenvalue weighted by molar-refractivity contribution is -0.121. The molecule has 0 saturated carbocycles. The van der Waals surface area contributed by atoms with Crippen molar-refractivity contribution in [2.24, 2.45) is 5.92 Å². The monoisotopic (exact) mass is 327 g/mol. The highest BCUT2D eigenvalue weighted by Gasteiger charge is 2.18. The van der Waals surface area contributed by atoms with Crippen LogP contribution in [-0.4, -0.2) is 23.9 Å². The highest BCUT2D eigenvalue weighted by molar-refractivity contribution is 9.10. The molecule has 1 heterocycles. The summed E-state index contributed by atoms with van der Waals surface area (Å²) in [6.07, 6.45) is 0. The molecule has 1 unspecified atom stereocenters. The zero-order valence-electron chi connectivity index (χ0n) is 11.1. The standard InChI is InChI=1S/C14H18BrNO3/c1-9(2)13(15)14(17)16-8-10-3-4-11-12(7-10)19-6-5-18-11/h3-4,7,9,13H,5-6,8H2,1-2H3,(H,16,17). The predicted molar refractivity (Wildman–Crippen MR) is 76.8 cm³/mol. The molecule has 0 fully saturated rings. The van der Waals surface area contributed by atoms with Gasteiger partial charge in [0.05, 0.1) is 4.83 Å². The second-order valence-corrected chi connectivity index (χ2v) is 5.83. The molecule has 104 valence electrons. The first-order chi connectivity index (χ1) is 9.08. The van der Waals surface area contributed by atoms with Crippen molar-refractivity contribution in [2.75, 3.05) is 13.2 Å². The number of carbonyl (C=O) groups excluding carboxylic acids is 1. The summed E-state index contributed by atoms with van der Waals surface area (Å²) >= 11 is 3.38. The summed E-state index contributed by atoms with van der Waals surface area (Å²) < 4.78 is 11.0. The first-order valence-corrected chi connectivity index (χ1v) is 7.30. The summed E-state index contributed by atoms with van der Waals surface area (Å²) in [5, 5.41) is 2.90. The molecule has 1 aromatic rings. The van der Waals surface area contributed by atoms with Crippen molar-refractivity contribution in [3.8, 4) is 11.5 Å². The van der Waals surface area contributed by atoms with Gasteiger partial charge in [0.2, 0.25) is 5.91 Å². The van der Waals surface area contributed by atoms with Crippen molar-refractivity contribution >= 4 is 21.8 Å². The highest BCUT2D eigenvalue weighted by atomic mass is 79.9. The summed E-state index contributed by atoms with van der Waals surface area (Å²) in [5.74, 6) is 1.78. The molecule has 0 bridgehead atoms. The van der Waals surface area contributed by atoms with Crippen LogP contribution < -0.4 is 14.8 Å². The minimum atomic E-state index is -0.162. The Labute approximate surface area is 121 Å². The first kappa shape index (κ1) is 14.2. The van der Waals surface area contributed by atoms with E-state index in [0.717, 1.165) is 17.1 Å². The van der Waals surface area contributed by atoms with Gasteiger partial charge in [-0.15, -0.1) is 0 Å². The van der Waals surface area contributed by atoms with Crippen LogP contribution in [0.25, 0.3) is 0 Å². The quantitative estimate of drug-likeness (QED) is 0.864. The molecule has 0 spiro atoms. The molecule has 1 amide bonds. The average molecular weight is 328 g/mol. The Hall–Kier alpha value is -1.23. The molecule has 4 nitrogen and oxygen atoms in total. The maximum atomic E-state index is 11.8. The molecule has 1 aliphatic rings. The molecule has 1 aromatic carbocycles. The topological polar surface area (TPSA) is 47.6 Å². The fourth-order valence-corrected chi connectivity index (χ4v) is 1.95. The van der Waals surface area contributed by atoms with Gasteiger partial charge in [-0.1, -0.05) is 35.8 Å². The van der Waals surface area contributed by atoms with Gasteiger partial charge in [0.15, 0.2) is 11.5 Å². The van der Waals surface area contributed by atoms with Gasteiger partial charge in [0.25, 0.3) is 0 Å². The first-order valence-electron chi connectivity index (χ1n) is 6.38. The van der Waals surface area contributed by atoms with Gasteiger partial charge in [-0.25, -0.2) is 0 Å². The maximum absolute atomic E-state index is 11.8. The molecule has 19 heavy (non-hydrogen) atoms. The number of rotatable bonds is 4. The van der Waals surface area contributed by atoms with Crippen LogP contribution in [0.3, 0.4) is 0 Å². The Morgan fingerprint density at radius 1 is 1.32 bits per heavy atom. The van der Waals surface area contributed by atoms with Crippen LogP contribution in [0.2, 0.25) is 0 Å². The van der Waals surface area contributed by atoms with Crippen molar-refractivity contribution < 1.29 is 14.3 Å². The second-order valence-electron chi connectivity index (χ2n) is 4.84. The van der Waals surface area contributed by atoms with Gasteiger partial charge < -0.3 is 14.8 Å². The minimum absolute atomic E-state index is 0.00453. The van der Waals surface area contributed by atoms with E-state index in [2.05, 4.69) is 21.2 Å². The third kappa shape index (κ3) is 3.62. The van der Waals surface area contributed by atoms with Gasteiger partial charge in [0, 0.05) is 6.54 Å². The Morgan fingerprint density at radius 2 is 2.00 bits per heavy atom. The summed E-state index contributed by atoms with van der Waals surface area (Å²) in [4.78, 5) is 11.7. The van der Waals surface area contributed by atoms with E-state index in [9.17, 15) is 4.79 Å². The molecule has 2 rings (SSSR count). The lowest BCUT2D eigenvalue weighted by Gasteiger charge is -2.19. The van der Waals surface area contributed by atoms with Crippen molar-refractivity contribution in [1.29, 1.82) is 0 Å². The molecule has 1 atom stereocenters. The number of ether oxygens (including phenoxy) is 2. The molecule has 0 aliphatic carbocycles. The average Bonchev–Trinajstić information content (AvgIpc) is 2.43. The molecule has 0 saturated heterocycles. The van der Waals surface area contributed by atoms with E-state index in [0.29, 0.717) is 19.8 Å². The maximum Gasteiger partial charge on any atom is 0.234 e. The van der Waals surface area contributed by atoms with Crippen molar-refractivity contribution in [2.45, 2.75) is 25.2 Å². The van der Waals surface area contributed by atoms with Crippen LogP contribution in [0.15, 0.2) is 18.2 Å². The predicted octanol–water partition coefficient (Wildman–Crippen LogP) is 2.49. The molecule has 0 radical (unpaired) electrons. The molecule has 0 aromatic heterocycles. The lowest BCUT2D eigenvalue weighted by Crippen LogP contribution is -2.33. The summed E-state index contributed by atoms with van der Waals surface area (Å²) in [6, 6.07) is 5.73. The minimum Gasteiger partial charge on any atom is -0.486 e. The Balaban J connectivity index is 1.95. The van der Waals surface area contributed by atoms with Gasteiger partial charge in [-0.2, -0.15) is 0 Å². The molecule has 1 N–H and O–H groups in total. The van der Waals surface area contributed by atoms with E-state index >= 15 is 0 Å². The third-order valence-corrected chi connectivity index (χ3v) is 4.38. The smallest absolute Gasteiger partial charge is 0.234 e. The van der Waals surface area contributed by atoms with Crippen molar-refractivity contribution in [3.63, 3.8) is 0 Å². The number of fused-ring (bicyclic) bond motifs is 1. The SMILES string of the molecule is CC(C)C(Br)C(=O)NCc1ccc2c(c1)OCCO2. The third-order valence-electron chi connectivity index (χ3n) is 2.91. The van der Waals surface area contributed by atoms with Crippen LogP contribution >= 0.6 is 15.9 Å². The largest absolute Gasteiger partial charge is 0.486 e. The molecular formula is C14H18BrNO3. The van der Waals surface area contributed by atoms with E-state index in [1.807, 2.05) is 32.0 Å². The Kier molecular flexibility index (Phi) is 4.69. The van der Waals surface area contributed by atoms with Crippen LogP contribution in [0, 0.1) is 5.92 Å². The summed E-state index contributed by atoms with van der Waals surface area (Å²) in [5.41, 5.74) is 1.00. The van der Waals surface area contributed by atoms with Gasteiger partial charge in [-0.05, 0) is 23.6 Å². The number of carbonyl (C=O) groups is 1.